The smallest absolute Gasteiger partial charge is 0.303 e. The number of nitrogens with zero attached hydrogens (tertiary/aromatic N) is 3. The molecule has 7 heteroatoms. The highest BCUT2D eigenvalue weighted by Gasteiger charge is 2.27. The lowest BCUT2D eigenvalue weighted by Crippen LogP contribution is -2.40. The minimum atomic E-state index is -0.801. The maximum absolute atomic E-state index is 13.1. The average Bonchev–Trinajstić information content (AvgIpc) is 3.02. The Kier molecular flexibility index (Phi) is 5.35. The first kappa shape index (κ1) is 18.1. The van der Waals surface area contributed by atoms with Crippen LogP contribution in [0.3, 0.4) is 0 Å². The van der Waals surface area contributed by atoms with Crippen molar-refractivity contribution in [1.82, 2.24) is 14.7 Å². The van der Waals surface area contributed by atoms with Crippen molar-refractivity contribution in [1.29, 1.82) is 0 Å². The van der Waals surface area contributed by atoms with Gasteiger partial charge in [0.2, 0.25) is 0 Å². The van der Waals surface area contributed by atoms with E-state index in [-0.39, 0.29) is 24.1 Å². The van der Waals surface area contributed by atoms with Gasteiger partial charge in [0.1, 0.15) is 5.82 Å². The van der Waals surface area contributed by atoms with E-state index < -0.39 is 5.97 Å². The molecule has 26 heavy (non-hydrogen) atoms. The summed E-state index contributed by atoms with van der Waals surface area (Å²) >= 11 is 0. The summed E-state index contributed by atoms with van der Waals surface area (Å²) in [4.78, 5) is 25.5. The van der Waals surface area contributed by atoms with Crippen LogP contribution in [0.25, 0.3) is 5.69 Å². The number of aliphatic carboxylic acids is 1. The lowest BCUT2D eigenvalue weighted by atomic mass is 9.93. The van der Waals surface area contributed by atoms with E-state index in [2.05, 4.69) is 5.10 Å². The van der Waals surface area contributed by atoms with E-state index in [1.165, 1.54) is 12.1 Å². The van der Waals surface area contributed by atoms with Crippen molar-refractivity contribution in [2.24, 2.45) is 5.92 Å². The van der Waals surface area contributed by atoms with E-state index in [9.17, 15) is 14.0 Å². The lowest BCUT2D eigenvalue weighted by Gasteiger charge is -2.32. The van der Waals surface area contributed by atoms with Crippen molar-refractivity contribution >= 4 is 11.9 Å². The Labute approximate surface area is 151 Å². The van der Waals surface area contributed by atoms with Gasteiger partial charge in [-0.2, -0.15) is 5.10 Å². The highest BCUT2D eigenvalue weighted by Crippen LogP contribution is 2.24. The van der Waals surface area contributed by atoms with Crippen LogP contribution in [-0.2, 0) is 4.79 Å². The van der Waals surface area contributed by atoms with E-state index in [0.29, 0.717) is 36.5 Å². The van der Waals surface area contributed by atoms with Gasteiger partial charge >= 0.3 is 5.97 Å². The Balaban J connectivity index is 1.73. The molecule has 2 aromatic rings. The van der Waals surface area contributed by atoms with Gasteiger partial charge in [0.25, 0.3) is 5.91 Å². The number of aromatic nitrogens is 2. The fourth-order valence-corrected chi connectivity index (χ4v) is 3.45. The number of piperidine rings is 1. The molecule has 0 saturated carbocycles. The highest BCUT2D eigenvalue weighted by molar-refractivity contribution is 5.95. The van der Waals surface area contributed by atoms with Crippen LogP contribution in [0.2, 0.25) is 0 Å². The summed E-state index contributed by atoms with van der Waals surface area (Å²) in [5, 5.41) is 13.1. The standard InChI is InChI=1S/C19H22FN3O3/c1-13-17(11-21-23(13)16-7-5-15(20)6-8-16)19(26)22-10-2-3-14(12-22)4-9-18(24)25/h5-8,11,14H,2-4,9-10,12H2,1H3,(H,24,25)/t14-/m0/s1. The SMILES string of the molecule is Cc1c(C(=O)N2CCC[C@@H](CCC(=O)O)C2)cnn1-c1ccc(F)cc1. The van der Waals surface area contributed by atoms with Crippen LogP contribution < -0.4 is 0 Å². The summed E-state index contributed by atoms with van der Waals surface area (Å²) in [6.45, 7) is 3.06. The number of carboxylic acid groups (broad SMARTS) is 1. The van der Waals surface area contributed by atoms with Crippen molar-refractivity contribution < 1.29 is 19.1 Å². The van der Waals surface area contributed by atoms with Crippen LogP contribution in [0.1, 0.15) is 41.7 Å². The van der Waals surface area contributed by atoms with Gasteiger partial charge in [0.15, 0.2) is 0 Å². The second-order valence-electron chi connectivity index (χ2n) is 6.72. The molecule has 1 fully saturated rings. The zero-order valence-corrected chi connectivity index (χ0v) is 14.7. The highest BCUT2D eigenvalue weighted by atomic mass is 19.1. The normalized spacial score (nSPS) is 17.3. The molecular weight excluding hydrogens is 337 g/mol. The summed E-state index contributed by atoms with van der Waals surface area (Å²) < 4.78 is 14.7. The van der Waals surface area contributed by atoms with Crippen molar-refractivity contribution in [3.8, 4) is 5.69 Å². The molecule has 6 nitrogen and oxygen atoms in total. The van der Waals surface area contributed by atoms with Crippen molar-refractivity contribution in [2.75, 3.05) is 13.1 Å². The first-order chi connectivity index (χ1) is 12.5. The van der Waals surface area contributed by atoms with Crippen LogP contribution in [-0.4, -0.2) is 44.8 Å². The molecule has 1 atom stereocenters. The maximum Gasteiger partial charge on any atom is 0.303 e. The van der Waals surface area contributed by atoms with Crippen LogP contribution in [0.5, 0.6) is 0 Å². The summed E-state index contributed by atoms with van der Waals surface area (Å²) in [5.41, 5.74) is 1.92. The number of carbonyl (C=O) groups is 2. The summed E-state index contributed by atoms with van der Waals surface area (Å²) in [6, 6.07) is 5.95. The molecule has 0 aliphatic carbocycles. The maximum atomic E-state index is 13.1. The molecule has 1 aliphatic rings. The number of hydrogen-bond acceptors (Lipinski definition) is 3. The third-order valence-corrected chi connectivity index (χ3v) is 4.88. The first-order valence-corrected chi connectivity index (χ1v) is 8.77. The monoisotopic (exact) mass is 359 g/mol. The molecule has 0 unspecified atom stereocenters. The number of halogens is 1. The van der Waals surface area contributed by atoms with Crippen LogP contribution in [0.15, 0.2) is 30.5 Å². The molecule has 0 bridgehead atoms. The Morgan fingerprint density at radius 1 is 1.31 bits per heavy atom. The molecule has 3 rings (SSSR count). The van der Waals surface area contributed by atoms with E-state index in [0.717, 1.165) is 12.8 Å². The van der Waals surface area contributed by atoms with Crippen molar-refractivity contribution in [3.63, 3.8) is 0 Å². The van der Waals surface area contributed by atoms with Gasteiger partial charge in [0, 0.05) is 19.5 Å². The number of rotatable bonds is 5. The van der Waals surface area contributed by atoms with E-state index in [4.69, 9.17) is 5.11 Å². The molecule has 1 aromatic carbocycles. The van der Waals surface area contributed by atoms with Crippen LogP contribution >= 0.6 is 0 Å². The number of amides is 1. The number of likely N-dealkylation sites (tertiary alicyclic amines) is 1. The molecule has 1 N–H and O–H groups in total. The van der Waals surface area contributed by atoms with E-state index >= 15 is 0 Å². The lowest BCUT2D eigenvalue weighted by molar-refractivity contribution is -0.137. The topological polar surface area (TPSA) is 75.4 Å². The van der Waals surface area contributed by atoms with Gasteiger partial charge in [-0.25, -0.2) is 9.07 Å². The molecule has 1 amide bonds. The minimum Gasteiger partial charge on any atom is -0.481 e. The Morgan fingerprint density at radius 2 is 2.04 bits per heavy atom. The fraction of sp³-hybridized carbons (Fsp3) is 0.421. The van der Waals surface area contributed by atoms with Gasteiger partial charge in [0.05, 0.1) is 23.1 Å². The predicted molar refractivity (Wildman–Crippen MR) is 93.8 cm³/mol. The predicted octanol–water partition coefficient (Wildman–Crippen LogP) is 3.04. The third-order valence-electron chi connectivity index (χ3n) is 4.88. The van der Waals surface area contributed by atoms with E-state index in [1.54, 1.807) is 27.9 Å². The second-order valence-corrected chi connectivity index (χ2v) is 6.72. The third kappa shape index (κ3) is 3.92. The van der Waals surface area contributed by atoms with Gasteiger partial charge in [-0.05, 0) is 56.4 Å². The quantitative estimate of drug-likeness (QED) is 0.890. The number of hydrogen-bond donors (Lipinski definition) is 1. The van der Waals surface area contributed by atoms with E-state index in [1.807, 2.05) is 6.92 Å². The molecule has 0 spiro atoms. The van der Waals surface area contributed by atoms with Crippen LogP contribution in [0.4, 0.5) is 4.39 Å². The molecule has 0 radical (unpaired) electrons. The summed E-state index contributed by atoms with van der Waals surface area (Å²) in [6.07, 6.45) is 4.09. The molecule has 1 aliphatic heterocycles. The Bertz CT molecular complexity index is 801. The summed E-state index contributed by atoms with van der Waals surface area (Å²) in [5.74, 6) is -0.993. The Hall–Kier alpha value is -2.70. The Morgan fingerprint density at radius 3 is 2.73 bits per heavy atom. The number of carbonyl (C=O) groups excluding carboxylic acids is 1. The zero-order chi connectivity index (χ0) is 18.7. The number of benzene rings is 1. The molecule has 2 heterocycles. The minimum absolute atomic E-state index is 0.0871. The fourth-order valence-electron chi connectivity index (χ4n) is 3.45. The van der Waals surface area contributed by atoms with Gasteiger partial charge in [-0.3, -0.25) is 9.59 Å². The molecular formula is C19H22FN3O3. The van der Waals surface area contributed by atoms with Gasteiger partial charge < -0.3 is 10.0 Å². The number of carboxylic acids is 1. The second kappa shape index (κ2) is 7.68. The molecule has 1 aromatic heterocycles. The largest absolute Gasteiger partial charge is 0.481 e. The zero-order valence-electron chi connectivity index (χ0n) is 14.7. The van der Waals surface area contributed by atoms with Crippen molar-refractivity contribution in [2.45, 2.75) is 32.6 Å². The molecule has 138 valence electrons. The van der Waals surface area contributed by atoms with Crippen LogP contribution in [0, 0.1) is 18.7 Å². The first-order valence-electron chi connectivity index (χ1n) is 8.77. The average molecular weight is 359 g/mol. The van der Waals surface area contributed by atoms with Crippen molar-refractivity contribution in [3.05, 3.63) is 47.5 Å². The van der Waals surface area contributed by atoms with Gasteiger partial charge in [-0.15, -0.1) is 0 Å². The summed E-state index contributed by atoms with van der Waals surface area (Å²) in [7, 11) is 0. The molecule has 1 saturated heterocycles. The van der Waals surface area contributed by atoms with Gasteiger partial charge in [-0.1, -0.05) is 0 Å².